The second-order valence-electron chi connectivity index (χ2n) is 3.45. The SMILES string of the molecule is CCC(=O)[O-].Cc1cccc2c1OCCN2. The molecule has 0 spiro atoms. The molecule has 16 heavy (non-hydrogen) atoms. The number of fused-ring (bicyclic) bond motifs is 1. The fourth-order valence-corrected chi connectivity index (χ4v) is 1.32. The molecule has 0 aromatic heterocycles. The van der Waals surface area contributed by atoms with Crippen LogP contribution in [0.2, 0.25) is 0 Å². The first-order valence-corrected chi connectivity index (χ1v) is 5.31. The van der Waals surface area contributed by atoms with Crippen molar-refractivity contribution in [1.82, 2.24) is 0 Å². The molecule has 88 valence electrons. The summed E-state index contributed by atoms with van der Waals surface area (Å²) < 4.78 is 5.49. The number of aryl methyl sites for hydroxylation is 1. The molecule has 0 saturated carbocycles. The van der Waals surface area contributed by atoms with Gasteiger partial charge >= 0.3 is 0 Å². The summed E-state index contributed by atoms with van der Waals surface area (Å²) in [6.07, 6.45) is 0.111. The van der Waals surface area contributed by atoms with Gasteiger partial charge in [-0.15, -0.1) is 0 Å². The van der Waals surface area contributed by atoms with Crippen molar-refractivity contribution < 1.29 is 14.6 Å². The lowest BCUT2D eigenvalue weighted by atomic mass is 10.2. The number of ether oxygens (including phenoxy) is 1. The lowest BCUT2D eigenvalue weighted by Crippen LogP contribution is -2.19. The van der Waals surface area contributed by atoms with E-state index in [4.69, 9.17) is 4.74 Å². The molecule has 0 unspecified atom stereocenters. The maximum absolute atomic E-state index is 9.26. The van der Waals surface area contributed by atoms with Gasteiger partial charge in [0.05, 0.1) is 5.69 Å². The van der Waals surface area contributed by atoms with Gasteiger partial charge in [0.15, 0.2) is 0 Å². The van der Waals surface area contributed by atoms with E-state index in [2.05, 4.69) is 18.3 Å². The van der Waals surface area contributed by atoms with E-state index in [0.717, 1.165) is 24.6 Å². The van der Waals surface area contributed by atoms with E-state index in [1.165, 1.54) is 12.5 Å². The first kappa shape index (κ1) is 12.4. The maximum Gasteiger partial charge on any atom is 0.145 e. The van der Waals surface area contributed by atoms with Gasteiger partial charge in [-0.3, -0.25) is 0 Å². The largest absolute Gasteiger partial charge is 0.550 e. The number of carbonyl (C=O) groups excluding carboxylic acids is 1. The zero-order valence-electron chi connectivity index (χ0n) is 9.58. The second kappa shape index (κ2) is 6.00. The molecule has 1 heterocycles. The van der Waals surface area contributed by atoms with Gasteiger partial charge in [0, 0.05) is 12.5 Å². The molecular formula is C12H16NO3-. The molecule has 1 aromatic carbocycles. The average molecular weight is 222 g/mol. The van der Waals surface area contributed by atoms with Gasteiger partial charge in [-0.05, 0) is 25.0 Å². The molecule has 0 bridgehead atoms. The highest BCUT2D eigenvalue weighted by Crippen LogP contribution is 2.29. The Hall–Kier alpha value is -1.71. The standard InChI is InChI=1S/C9H11NO.C3H6O2/c1-7-3-2-4-8-9(7)11-6-5-10-8;1-2-3(4)5/h2-4,10H,5-6H2,1H3;2H2,1H3,(H,4,5)/p-1. The molecule has 0 atom stereocenters. The smallest absolute Gasteiger partial charge is 0.145 e. The minimum absolute atomic E-state index is 0.111. The van der Waals surface area contributed by atoms with Crippen molar-refractivity contribution in [1.29, 1.82) is 0 Å². The summed E-state index contributed by atoms with van der Waals surface area (Å²) in [7, 11) is 0. The van der Waals surface area contributed by atoms with Crippen LogP contribution in [0.1, 0.15) is 18.9 Å². The third kappa shape index (κ3) is 3.46. The van der Waals surface area contributed by atoms with Crippen LogP contribution in [0.25, 0.3) is 0 Å². The zero-order valence-corrected chi connectivity index (χ0v) is 9.58. The van der Waals surface area contributed by atoms with Crippen molar-refractivity contribution >= 4 is 11.7 Å². The summed E-state index contributed by atoms with van der Waals surface area (Å²) >= 11 is 0. The van der Waals surface area contributed by atoms with Gasteiger partial charge in [0.25, 0.3) is 0 Å². The molecular weight excluding hydrogens is 206 g/mol. The molecule has 0 fully saturated rings. The summed E-state index contributed by atoms with van der Waals surface area (Å²) in [5.74, 6) is 0.0174. The number of hydrogen-bond acceptors (Lipinski definition) is 4. The van der Waals surface area contributed by atoms with E-state index < -0.39 is 5.97 Å². The summed E-state index contributed by atoms with van der Waals surface area (Å²) in [5.41, 5.74) is 2.32. The number of carboxylic acid groups (broad SMARTS) is 1. The van der Waals surface area contributed by atoms with Crippen molar-refractivity contribution in [3.63, 3.8) is 0 Å². The summed E-state index contributed by atoms with van der Waals surface area (Å²) in [5, 5.41) is 12.5. The summed E-state index contributed by atoms with van der Waals surface area (Å²) in [4.78, 5) is 9.26. The van der Waals surface area contributed by atoms with Crippen LogP contribution < -0.4 is 15.2 Å². The fraction of sp³-hybridized carbons (Fsp3) is 0.417. The Kier molecular flexibility index (Phi) is 4.64. The number of rotatable bonds is 1. The van der Waals surface area contributed by atoms with Crippen LogP contribution in [-0.4, -0.2) is 19.1 Å². The normalized spacial score (nSPS) is 12.4. The zero-order chi connectivity index (χ0) is 12.0. The lowest BCUT2D eigenvalue weighted by Gasteiger charge is -2.20. The number of carboxylic acids is 1. The van der Waals surface area contributed by atoms with Crippen LogP contribution >= 0.6 is 0 Å². The highest BCUT2D eigenvalue weighted by Gasteiger charge is 2.09. The number of nitrogens with one attached hydrogen (secondary N) is 1. The Morgan fingerprint density at radius 2 is 2.25 bits per heavy atom. The first-order valence-electron chi connectivity index (χ1n) is 5.31. The molecule has 1 aliphatic rings. The molecule has 0 saturated heterocycles. The predicted molar refractivity (Wildman–Crippen MR) is 60.5 cm³/mol. The van der Waals surface area contributed by atoms with Crippen LogP contribution in [0.3, 0.4) is 0 Å². The van der Waals surface area contributed by atoms with Crippen LogP contribution in [0.4, 0.5) is 5.69 Å². The molecule has 0 amide bonds. The van der Waals surface area contributed by atoms with E-state index >= 15 is 0 Å². The molecule has 1 N–H and O–H groups in total. The number of para-hydroxylation sites is 1. The fourth-order valence-electron chi connectivity index (χ4n) is 1.32. The number of aliphatic carboxylic acids is 1. The Balaban J connectivity index is 0.000000221. The average Bonchev–Trinajstić information content (AvgIpc) is 2.30. The van der Waals surface area contributed by atoms with E-state index in [-0.39, 0.29) is 6.42 Å². The van der Waals surface area contributed by atoms with E-state index in [0.29, 0.717) is 0 Å². The van der Waals surface area contributed by atoms with Crippen molar-refractivity contribution in [2.24, 2.45) is 0 Å². The van der Waals surface area contributed by atoms with Gasteiger partial charge in [-0.25, -0.2) is 0 Å². The molecule has 2 rings (SSSR count). The Bertz CT molecular complexity index is 363. The molecule has 1 aliphatic heterocycles. The Morgan fingerprint density at radius 3 is 2.81 bits per heavy atom. The minimum atomic E-state index is -0.995. The van der Waals surface area contributed by atoms with Crippen LogP contribution in [0.5, 0.6) is 5.75 Å². The van der Waals surface area contributed by atoms with Crippen LogP contribution in [0, 0.1) is 6.92 Å². The molecule has 4 heteroatoms. The van der Waals surface area contributed by atoms with Crippen molar-refractivity contribution in [3.8, 4) is 5.75 Å². The monoisotopic (exact) mass is 222 g/mol. The van der Waals surface area contributed by atoms with E-state index in [1.54, 1.807) is 0 Å². The van der Waals surface area contributed by atoms with E-state index in [1.807, 2.05) is 12.1 Å². The molecule has 4 nitrogen and oxygen atoms in total. The Labute approximate surface area is 95.2 Å². The van der Waals surface area contributed by atoms with Gasteiger partial charge < -0.3 is 20.0 Å². The third-order valence-corrected chi connectivity index (χ3v) is 2.16. The maximum atomic E-state index is 9.26. The van der Waals surface area contributed by atoms with Crippen molar-refractivity contribution in [2.75, 3.05) is 18.5 Å². The Morgan fingerprint density at radius 1 is 1.56 bits per heavy atom. The molecule has 0 aliphatic carbocycles. The summed E-state index contributed by atoms with van der Waals surface area (Å²) in [6.45, 7) is 5.29. The number of hydrogen-bond donors (Lipinski definition) is 1. The van der Waals surface area contributed by atoms with Gasteiger partial charge in [-0.1, -0.05) is 19.1 Å². The van der Waals surface area contributed by atoms with E-state index in [9.17, 15) is 9.90 Å². The van der Waals surface area contributed by atoms with Crippen LogP contribution in [0.15, 0.2) is 18.2 Å². The molecule has 0 radical (unpaired) electrons. The second-order valence-corrected chi connectivity index (χ2v) is 3.45. The quantitative estimate of drug-likeness (QED) is 0.768. The highest BCUT2D eigenvalue weighted by atomic mass is 16.5. The first-order chi connectivity index (χ1) is 7.65. The summed E-state index contributed by atoms with van der Waals surface area (Å²) in [6, 6.07) is 6.14. The van der Waals surface area contributed by atoms with Crippen molar-refractivity contribution in [3.05, 3.63) is 23.8 Å². The molecule has 1 aromatic rings. The number of carbonyl (C=O) groups is 1. The third-order valence-electron chi connectivity index (χ3n) is 2.16. The van der Waals surface area contributed by atoms with Crippen LogP contribution in [-0.2, 0) is 4.79 Å². The predicted octanol–water partition coefficient (Wildman–Crippen LogP) is 0.946. The van der Waals surface area contributed by atoms with Gasteiger partial charge in [-0.2, -0.15) is 0 Å². The van der Waals surface area contributed by atoms with Crippen molar-refractivity contribution in [2.45, 2.75) is 20.3 Å². The minimum Gasteiger partial charge on any atom is -0.550 e. The lowest BCUT2D eigenvalue weighted by molar-refractivity contribution is -0.305. The van der Waals surface area contributed by atoms with Gasteiger partial charge in [0.2, 0.25) is 0 Å². The number of anilines is 1. The number of benzene rings is 1. The highest BCUT2D eigenvalue weighted by molar-refractivity contribution is 5.63. The van der Waals surface area contributed by atoms with Gasteiger partial charge in [0.1, 0.15) is 12.4 Å². The topological polar surface area (TPSA) is 61.4 Å².